The number of hydrogen-bond donors (Lipinski definition) is 1. The second-order valence-electron chi connectivity index (χ2n) is 8.97. The van der Waals surface area contributed by atoms with Crippen molar-refractivity contribution in [3.8, 4) is 17.2 Å². The normalized spacial score (nSPS) is 13.2. The van der Waals surface area contributed by atoms with Crippen LogP contribution in [0.3, 0.4) is 0 Å². The molecular weight excluding hydrogens is 550 g/mol. The quantitative estimate of drug-likeness (QED) is 0.261. The number of carbonyl (C=O) groups excluding carboxylic acids is 2. The number of amides is 2. The van der Waals surface area contributed by atoms with Gasteiger partial charge in [-0.2, -0.15) is 0 Å². The first kappa shape index (κ1) is 27.5. The largest absolute Gasteiger partial charge is 0.494 e. The average molecular weight is 578 g/mol. The Balaban J connectivity index is 1.08. The van der Waals surface area contributed by atoms with E-state index in [1.165, 1.54) is 11.8 Å². The van der Waals surface area contributed by atoms with Crippen molar-refractivity contribution in [2.24, 2.45) is 0 Å². The van der Waals surface area contributed by atoms with Gasteiger partial charge in [-0.3, -0.25) is 9.59 Å². The first-order chi connectivity index (χ1) is 19.5. The van der Waals surface area contributed by atoms with Gasteiger partial charge in [-0.15, -0.1) is 10.2 Å². The number of thioether (sulfide) groups is 1. The van der Waals surface area contributed by atoms with E-state index in [2.05, 4.69) is 20.4 Å². The van der Waals surface area contributed by atoms with E-state index in [0.717, 1.165) is 17.0 Å². The molecule has 1 saturated heterocycles. The first-order valence-corrected chi connectivity index (χ1v) is 14.2. The maximum Gasteiger partial charge on any atom is 0.277 e. The third kappa shape index (κ3) is 6.75. The van der Waals surface area contributed by atoms with Crippen molar-refractivity contribution in [3.63, 3.8) is 0 Å². The highest BCUT2D eigenvalue weighted by molar-refractivity contribution is 7.99. The summed E-state index contributed by atoms with van der Waals surface area (Å²) >= 11 is 7.37. The zero-order chi connectivity index (χ0) is 27.9. The van der Waals surface area contributed by atoms with Crippen LogP contribution in [0.25, 0.3) is 11.5 Å². The van der Waals surface area contributed by atoms with Crippen LogP contribution in [0.4, 0.5) is 11.4 Å². The minimum Gasteiger partial charge on any atom is -0.494 e. The molecule has 11 heteroatoms. The zero-order valence-corrected chi connectivity index (χ0v) is 23.5. The molecule has 1 fully saturated rings. The van der Waals surface area contributed by atoms with Crippen LogP contribution in [0.1, 0.15) is 17.3 Å². The Bertz CT molecular complexity index is 1450. The third-order valence-electron chi connectivity index (χ3n) is 6.33. The van der Waals surface area contributed by atoms with Crippen LogP contribution < -0.4 is 15.0 Å². The predicted octanol–water partition coefficient (Wildman–Crippen LogP) is 5.48. The summed E-state index contributed by atoms with van der Waals surface area (Å²) < 4.78 is 11.1. The first-order valence-electron chi connectivity index (χ1n) is 12.9. The number of benzene rings is 3. The second-order valence-corrected chi connectivity index (χ2v) is 10.3. The minimum atomic E-state index is -0.176. The number of carbonyl (C=O) groups is 2. The van der Waals surface area contributed by atoms with Crippen molar-refractivity contribution in [2.75, 3.05) is 48.8 Å². The van der Waals surface area contributed by atoms with E-state index in [1.807, 2.05) is 72.5 Å². The van der Waals surface area contributed by atoms with Gasteiger partial charge in [-0.25, -0.2) is 0 Å². The van der Waals surface area contributed by atoms with Crippen molar-refractivity contribution in [1.82, 2.24) is 15.1 Å². The SMILES string of the molecule is CCOc1ccc(-c2nnc(SCC(=O)Nc3ccc(N4CCN(C(=O)c5ccccc5Cl)CC4)cc3)o2)cc1. The minimum absolute atomic E-state index is 0.0471. The Morgan fingerprint density at radius 3 is 2.40 bits per heavy atom. The van der Waals surface area contributed by atoms with E-state index in [9.17, 15) is 9.59 Å². The standard InChI is InChI=1S/C29H28ClN5O4S/c1-2-38-23-13-7-20(8-14-23)27-32-33-29(39-27)40-19-26(36)31-21-9-11-22(12-10-21)34-15-17-35(18-16-34)28(37)24-5-3-4-6-25(24)30/h3-14H,2,15-19H2,1H3,(H,31,36). The highest BCUT2D eigenvalue weighted by Gasteiger charge is 2.23. The van der Waals surface area contributed by atoms with Crippen molar-refractivity contribution in [1.29, 1.82) is 0 Å². The summed E-state index contributed by atoms with van der Waals surface area (Å²) in [5.74, 6) is 1.07. The van der Waals surface area contributed by atoms with Crippen LogP contribution in [-0.4, -0.2) is 65.5 Å². The van der Waals surface area contributed by atoms with Crippen LogP contribution >= 0.6 is 23.4 Å². The Kier molecular flexibility index (Phi) is 8.87. The molecule has 2 heterocycles. The Labute approximate surface area is 241 Å². The fourth-order valence-corrected chi connectivity index (χ4v) is 5.08. The molecule has 0 bridgehead atoms. The van der Waals surface area contributed by atoms with Gasteiger partial charge in [-0.05, 0) is 67.6 Å². The van der Waals surface area contributed by atoms with Gasteiger partial charge in [0.2, 0.25) is 11.8 Å². The molecular formula is C29H28ClN5O4S. The number of nitrogens with zero attached hydrogens (tertiary/aromatic N) is 4. The van der Waals surface area contributed by atoms with E-state index in [4.69, 9.17) is 20.8 Å². The lowest BCUT2D eigenvalue weighted by molar-refractivity contribution is -0.113. The number of ether oxygens (including phenoxy) is 1. The predicted molar refractivity (Wildman–Crippen MR) is 156 cm³/mol. The molecule has 0 atom stereocenters. The molecule has 0 radical (unpaired) electrons. The molecule has 0 aliphatic carbocycles. The molecule has 40 heavy (non-hydrogen) atoms. The molecule has 1 aliphatic rings. The van der Waals surface area contributed by atoms with Crippen LogP contribution in [0.15, 0.2) is 82.4 Å². The number of halogens is 1. The van der Waals surface area contributed by atoms with Gasteiger partial charge >= 0.3 is 0 Å². The Morgan fingerprint density at radius 1 is 0.975 bits per heavy atom. The van der Waals surface area contributed by atoms with Crippen LogP contribution in [0.2, 0.25) is 5.02 Å². The molecule has 0 spiro atoms. The summed E-state index contributed by atoms with van der Waals surface area (Å²) in [5.41, 5.74) is 3.04. The van der Waals surface area contributed by atoms with Crippen molar-refractivity contribution in [3.05, 3.63) is 83.4 Å². The number of anilines is 2. The topological polar surface area (TPSA) is 101 Å². The van der Waals surface area contributed by atoms with Gasteiger partial charge in [0.1, 0.15) is 5.75 Å². The van der Waals surface area contributed by atoms with Gasteiger partial charge in [0.25, 0.3) is 11.1 Å². The van der Waals surface area contributed by atoms with Crippen molar-refractivity contribution < 1.29 is 18.7 Å². The molecule has 9 nitrogen and oxygen atoms in total. The van der Waals surface area contributed by atoms with Gasteiger partial charge in [0.15, 0.2) is 0 Å². The van der Waals surface area contributed by atoms with Gasteiger partial charge in [0.05, 0.1) is 22.9 Å². The fraction of sp³-hybridized carbons (Fsp3) is 0.241. The maximum absolute atomic E-state index is 12.8. The monoisotopic (exact) mass is 577 g/mol. The molecule has 1 aromatic heterocycles. The van der Waals surface area contributed by atoms with E-state index in [0.29, 0.717) is 60.2 Å². The summed E-state index contributed by atoms with van der Waals surface area (Å²) in [4.78, 5) is 29.4. The van der Waals surface area contributed by atoms with Crippen LogP contribution in [-0.2, 0) is 4.79 Å². The molecule has 2 amide bonds. The molecule has 3 aromatic carbocycles. The number of piperazine rings is 1. The lowest BCUT2D eigenvalue weighted by Crippen LogP contribution is -2.48. The fourth-order valence-electron chi connectivity index (χ4n) is 4.30. The number of nitrogens with one attached hydrogen (secondary N) is 1. The average Bonchev–Trinajstić information content (AvgIpc) is 3.46. The lowest BCUT2D eigenvalue weighted by atomic mass is 10.1. The van der Waals surface area contributed by atoms with Gasteiger partial charge < -0.3 is 24.3 Å². The van der Waals surface area contributed by atoms with Gasteiger partial charge in [-0.1, -0.05) is 35.5 Å². The zero-order valence-electron chi connectivity index (χ0n) is 21.9. The summed E-state index contributed by atoms with van der Waals surface area (Å²) in [6.07, 6.45) is 0. The molecule has 5 rings (SSSR count). The number of rotatable bonds is 9. The highest BCUT2D eigenvalue weighted by atomic mass is 35.5. The van der Waals surface area contributed by atoms with Crippen molar-refractivity contribution in [2.45, 2.75) is 12.1 Å². The summed E-state index contributed by atoms with van der Waals surface area (Å²) in [6, 6.07) is 22.2. The van der Waals surface area contributed by atoms with E-state index < -0.39 is 0 Å². The van der Waals surface area contributed by atoms with E-state index in [-0.39, 0.29) is 17.6 Å². The lowest BCUT2D eigenvalue weighted by Gasteiger charge is -2.36. The smallest absolute Gasteiger partial charge is 0.277 e. The summed E-state index contributed by atoms with van der Waals surface area (Å²) in [5, 5.41) is 11.8. The number of hydrogen-bond acceptors (Lipinski definition) is 8. The summed E-state index contributed by atoms with van der Waals surface area (Å²) in [6.45, 7) is 5.16. The van der Waals surface area contributed by atoms with Crippen LogP contribution in [0, 0.1) is 0 Å². The Morgan fingerprint density at radius 2 is 1.70 bits per heavy atom. The van der Waals surface area contributed by atoms with E-state index in [1.54, 1.807) is 12.1 Å². The van der Waals surface area contributed by atoms with Crippen molar-refractivity contribution >= 4 is 46.6 Å². The number of aromatic nitrogens is 2. The highest BCUT2D eigenvalue weighted by Crippen LogP contribution is 2.26. The molecule has 1 N–H and O–H groups in total. The molecule has 0 unspecified atom stereocenters. The van der Waals surface area contributed by atoms with Crippen LogP contribution in [0.5, 0.6) is 5.75 Å². The van der Waals surface area contributed by atoms with E-state index >= 15 is 0 Å². The molecule has 0 saturated carbocycles. The Hall–Kier alpha value is -4.02. The maximum atomic E-state index is 12.8. The molecule has 206 valence electrons. The molecule has 1 aliphatic heterocycles. The summed E-state index contributed by atoms with van der Waals surface area (Å²) in [7, 11) is 0. The van der Waals surface area contributed by atoms with Gasteiger partial charge in [0, 0.05) is 43.1 Å². The third-order valence-corrected chi connectivity index (χ3v) is 7.48. The molecule has 4 aromatic rings. The second kappa shape index (κ2) is 12.9.